The molecule has 2 rings (SSSR count). The van der Waals surface area contributed by atoms with Crippen molar-refractivity contribution in [1.82, 2.24) is 5.32 Å². The highest BCUT2D eigenvalue weighted by molar-refractivity contribution is 5.19. The van der Waals surface area contributed by atoms with Gasteiger partial charge in [-0.25, -0.2) is 8.78 Å². The van der Waals surface area contributed by atoms with Crippen molar-refractivity contribution in [3.63, 3.8) is 0 Å². The molecule has 1 saturated heterocycles. The zero-order valence-corrected chi connectivity index (χ0v) is 10.9. The highest BCUT2D eigenvalue weighted by atomic mass is 19.1. The van der Waals surface area contributed by atoms with Crippen LogP contribution in [0.5, 0.6) is 0 Å². The van der Waals surface area contributed by atoms with E-state index in [1.807, 2.05) is 0 Å². The van der Waals surface area contributed by atoms with E-state index in [0.29, 0.717) is 12.1 Å². The van der Waals surface area contributed by atoms with Crippen LogP contribution in [-0.4, -0.2) is 12.1 Å². The summed E-state index contributed by atoms with van der Waals surface area (Å²) in [5, 5.41) is 3.60. The maximum absolute atomic E-state index is 13.1. The Morgan fingerprint density at radius 2 is 1.78 bits per heavy atom. The molecule has 0 aromatic heterocycles. The molecule has 1 aliphatic heterocycles. The Bertz CT molecular complexity index is 370. The molecular formula is C15H21F2N. The van der Waals surface area contributed by atoms with Crippen molar-refractivity contribution in [2.24, 2.45) is 0 Å². The second-order valence-corrected chi connectivity index (χ2v) is 5.26. The first-order valence-electron chi connectivity index (χ1n) is 6.88. The molecule has 0 bridgehead atoms. The van der Waals surface area contributed by atoms with E-state index in [4.69, 9.17) is 0 Å². The fourth-order valence-corrected chi connectivity index (χ4v) is 2.86. The second kappa shape index (κ2) is 6.28. The highest BCUT2D eigenvalue weighted by Gasteiger charge is 2.20. The molecule has 0 spiro atoms. The third kappa shape index (κ3) is 3.77. The summed E-state index contributed by atoms with van der Waals surface area (Å²) in [5.74, 6) is -0.961. The van der Waals surface area contributed by atoms with Crippen LogP contribution in [0, 0.1) is 11.6 Å². The van der Waals surface area contributed by atoms with Crippen molar-refractivity contribution in [1.29, 1.82) is 0 Å². The second-order valence-electron chi connectivity index (χ2n) is 5.26. The number of nitrogens with one attached hydrogen (secondary N) is 1. The molecule has 1 nitrogen and oxygen atoms in total. The molecule has 0 aliphatic carbocycles. The van der Waals surface area contributed by atoms with Crippen molar-refractivity contribution < 1.29 is 8.78 Å². The molecule has 1 aromatic carbocycles. The van der Waals surface area contributed by atoms with Crippen LogP contribution in [0.15, 0.2) is 18.2 Å². The molecule has 1 heterocycles. The Kier molecular flexibility index (Phi) is 4.70. The average Bonchev–Trinajstić information content (AvgIpc) is 2.28. The van der Waals surface area contributed by atoms with Crippen molar-refractivity contribution in [3.8, 4) is 0 Å². The van der Waals surface area contributed by atoms with Gasteiger partial charge in [-0.2, -0.15) is 0 Å². The predicted octanol–water partition coefficient (Wildman–Crippen LogP) is 3.82. The summed E-state index contributed by atoms with van der Waals surface area (Å²) < 4.78 is 26.2. The minimum Gasteiger partial charge on any atom is -0.311 e. The molecule has 0 saturated carbocycles. The number of piperidine rings is 1. The molecule has 0 radical (unpaired) electrons. The van der Waals surface area contributed by atoms with E-state index in [1.165, 1.54) is 37.8 Å². The van der Waals surface area contributed by atoms with E-state index in [-0.39, 0.29) is 0 Å². The van der Waals surface area contributed by atoms with Crippen molar-refractivity contribution >= 4 is 0 Å². The van der Waals surface area contributed by atoms with Gasteiger partial charge in [-0.3, -0.25) is 0 Å². The van der Waals surface area contributed by atoms with E-state index in [1.54, 1.807) is 0 Å². The number of rotatable bonds is 4. The summed E-state index contributed by atoms with van der Waals surface area (Å²) >= 11 is 0. The fraction of sp³-hybridized carbons (Fsp3) is 0.600. The molecule has 1 N–H and O–H groups in total. The van der Waals surface area contributed by atoms with Gasteiger partial charge < -0.3 is 5.32 Å². The molecule has 100 valence electrons. The zero-order chi connectivity index (χ0) is 13.0. The number of halogens is 2. The first-order chi connectivity index (χ1) is 8.67. The Morgan fingerprint density at radius 1 is 1.11 bits per heavy atom. The van der Waals surface area contributed by atoms with Crippen molar-refractivity contribution in [2.75, 3.05) is 0 Å². The third-order valence-electron chi connectivity index (χ3n) is 3.62. The van der Waals surface area contributed by atoms with Gasteiger partial charge in [0.25, 0.3) is 0 Å². The molecule has 0 amide bonds. The fourth-order valence-electron chi connectivity index (χ4n) is 2.86. The van der Waals surface area contributed by atoms with E-state index in [9.17, 15) is 8.78 Å². The van der Waals surface area contributed by atoms with Gasteiger partial charge in [-0.1, -0.05) is 19.8 Å². The smallest absolute Gasteiger partial charge is 0.126 e. The zero-order valence-electron chi connectivity index (χ0n) is 10.9. The summed E-state index contributed by atoms with van der Waals surface area (Å²) in [6.07, 6.45) is 6.61. The molecule has 1 fully saturated rings. The molecule has 3 heteroatoms. The SMILES string of the molecule is CCC[C@H]1CCCC(Cc2cc(F)cc(F)c2)N1. The topological polar surface area (TPSA) is 12.0 Å². The molecule has 18 heavy (non-hydrogen) atoms. The molecule has 1 aliphatic rings. The van der Waals surface area contributed by atoms with Crippen molar-refractivity contribution in [3.05, 3.63) is 35.4 Å². The maximum Gasteiger partial charge on any atom is 0.126 e. The van der Waals surface area contributed by atoms with Crippen LogP contribution in [0.2, 0.25) is 0 Å². The van der Waals surface area contributed by atoms with Crippen LogP contribution < -0.4 is 5.32 Å². The van der Waals surface area contributed by atoms with Gasteiger partial charge in [0.05, 0.1) is 0 Å². The normalized spacial score (nSPS) is 24.2. The van der Waals surface area contributed by atoms with E-state index in [0.717, 1.165) is 24.5 Å². The number of hydrogen-bond donors (Lipinski definition) is 1. The van der Waals surface area contributed by atoms with Gasteiger partial charge in [0.1, 0.15) is 11.6 Å². The number of benzene rings is 1. The lowest BCUT2D eigenvalue weighted by Crippen LogP contribution is -2.43. The van der Waals surface area contributed by atoms with Crippen LogP contribution in [0.4, 0.5) is 8.78 Å². The van der Waals surface area contributed by atoms with Crippen LogP contribution >= 0.6 is 0 Å². The quantitative estimate of drug-likeness (QED) is 0.860. The summed E-state index contributed by atoms with van der Waals surface area (Å²) in [5.41, 5.74) is 0.752. The minimum atomic E-state index is -0.481. The van der Waals surface area contributed by atoms with Gasteiger partial charge in [-0.05, 0) is 43.4 Å². The Hall–Kier alpha value is -0.960. The Morgan fingerprint density at radius 3 is 2.44 bits per heavy atom. The lowest BCUT2D eigenvalue weighted by Gasteiger charge is -2.31. The van der Waals surface area contributed by atoms with Crippen LogP contribution in [0.3, 0.4) is 0 Å². The van der Waals surface area contributed by atoms with Gasteiger partial charge in [-0.15, -0.1) is 0 Å². The first kappa shape index (κ1) is 13.5. The standard InChI is InChI=1S/C15H21F2N/c1-2-4-14-5-3-6-15(18-14)9-11-7-12(16)10-13(17)8-11/h7-8,10,14-15,18H,2-6,9H2,1H3/t14-,15?/m0/s1. The lowest BCUT2D eigenvalue weighted by molar-refractivity contribution is 0.304. The summed E-state index contributed by atoms with van der Waals surface area (Å²) in [7, 11) is 0. The predicted molar refractivity (Wildman–Crippen MR) is 69.5 cm³/mol. The van der Waals surface area contributed by atoms with Crippen LogP contribution in [0.1, 0.15) is 44.6 Å². The molecule has 1 aromatic rings. The molecule has 2 atom stereocenters. The van der Waals surface area contributed by atoms with Crippen molar-refractivity contribution in [2.45, 2.75) is 57.5 Å². The van der Waals surface area contributed by atoms with Crippen LogP contribution in [-0.2, 0) is 6.42 Å². The monoisotopic (exact) mass is 253 g/mol. The third-order valence-corrected chi connectivity index (χ3v) is 3.62. The van der Waals surface area contributed by atoms with E-state index in [2.05, 4.69) is 12.2 Å². The summed E-state index contributed by atoms with van der Waals surface area (Å²) in [4.78, 5) is 0. The first-order valence-corrected chi connectivity index (χ1v) is 6.88. The number of hydrogen-bond acceptors (Lipinski definition) is 1. The van der Waals surface area contributed by atoms with Gasteiger partial charge >= 0.3 is 0 Å². The highest BCUT2D eigenvalue weighted by Crippen LogP contribution is 2.19. The van der Waals surface area contributed by atoms with Crippen LogP contribution in [0.25, 0.3) is 0 Å². The largest absolute Gasteiger partial charge is 0.311 e. The maximum atomic E-state index is 13.1. The molecular weight excluding hydrogens is 232 g/mol. The van der Waals surface area contributed by atoms with E-state index >= 15 is 0 Å². The van der Waals surface area contributed by atoms with Gasteiger partial charge in [0, 0.05) is 18.2 Å². The Balaban J connectivity index is 1.95. The Labute approximate surface area is 108 Å². The van der Waals surface area contributed by atoms with E-state index < -0.39 is 11.6 Å². The minimum absolute atomic E-state index is 0.358. The summed E-state index contributed by atoms with van der Waals surface area (Å²) in [6, 6.07) is 4.74. The lowest BCUT2D eigenvalue weighted by atomic mass is 9.92. The molecule has 1 unspecified atom stereocenters. The summed E-state index contributed by atoms with van der Waals surface area (Å²) in [6.45, 7) is 2.19. The van der Waals surface area contributed by atoms with Gasteiger partial charge in [0.2, 0.25) is 0 Å². The van der Waals surface area contributed by atoms with Gasteiger partial charge in [0.15, 0.2) is 0 Å². The average molecular weight is 253 g/mol.